The van der Waals surface area contributed by atoms with Crippen molar-refractivity contribution < 1.29 is 5.11 Å². The van der Waals surface area contributed by atoms with Crippen LogP contribution in [0.2, 0.25) is 0 Å². The molecular weight excluding hydrogens is 322 g/mol. The molecule has 0 aromatic carbocycles. The minimum absolute atomic E-state index is 0.0861. The van der Waals surface area contributed by atoms with Crippen molar-refractivity contribution in [3.8, 4) is 0 Å². The first kappa shape index (κ1) is 22.1. The van der Waals surface area contributed by atoms with Gasteiger partial charge in [0.1, 0.15) is 11.6 Å². The van der Waals surface area contributed by atoms with E-state index in [1.54, 1.807) is 6.20 Å². The quantitative estimate of drug-likeness (QED) is 0.478. The highest BCUT2D eigenvalue weighted by atomic mass is 16.3. The monoisotopic (exact) mass is 359 g/mol. The van der Waals surface area contributed by atoms with Crippen molar-refractivity contribution in [3.63, 3.8) is 0 Å². The topological polar surface area (TPSA) is 50.1 Å². The van der Waals surface area contributed by atoms with Crippen LogP contribution in [0.25, 0.3) is 5.76 Å². The molecule has 1 spiro atoms. The van der Waals surface area contributed by atoms with Crippen LogP contribution in [0, 0.1) is 5.41 Å². The molecule has 2 aliphatic rings. The van der Waals surface area contributed by atoms with Crippen molar-refractivity contribution in [2.75, 3.05) is 5.32 Å². The van der Waals surface area contributed by atoms with Crippen molar-refractivity contribution in [1.82, 2.24) is 9.78 Å². The van der Waals surface area contributed by atoms with Gasteiger partial charge in [-0.3, -0.25) is 0 Å². The molecule has 2 heterocycles. The van der Waals surface area contributed by atoms with Gasteiger partial charge in [-0.25, -0.2) is 4.68 Å². The molecule has 1 aromatic heterocycles. The van der Waals surface area contributed by atoms with Crippen LogP contribution in [0.15, 0.2) is 37.6 Å². The van der Waals surface area contributed by atoms with Crippen LogP contribution in [0.5, 0.6) is 0 Å². The van der Waals surface area contributed by atoms with E-state index in [9.17, 15) is 5.11 Å². The lowest BCUT2D eigenvalue weighted by Gasteiger charge is -2.30. The van der Waals surface area contributed by atoms with E-state index in [1.807, 2.05) is 4.68 Å². The lowest BCUT2D eigenvalue weighted by atomic mass is 9.78. The molecule has 0 radical (unpaired) electrons. The van der Waals surface area contributed by atoms with Gasteiger partial charge < -0.3 is 10.4 Å². The average molecular weight is 360 g/mol. The third kappa shape index (κ3) is 5.03. The van der Waals surface area contributed by atoms with Crippen molar-refractivity contribution in [2.45, 2.75) is 78.8 Å². The molecule has 1 aliphatic carbocycles. The number of nitrogens with zero attached hydrogens (tertiary/aromatic N) is 2. The zero-order valence-electron chi connectivity index (χ0n) is 17.1. The Morgan fingerprint density at radius 1 is 1.38 bits per heavy atom. The Labute approximate surface area is 159 Å². The molecule has 146 valence electrons. The summed E-state index contributed by atoms with van der Waals surface area (Å²) in [5.41, 5.74) is 2.41. The molecule has 1 aliphatic heterocycles. The Morgan fingerprint density at radius 2 is 1.96 bits per heavy atom. The summed E-state index contributed by atoms with van der Waals surface area (Å²) < 4.78 is 2.03. The van der Waals surface area contributed by atoms with Gasteiger partial charge in [0.2, 0.25) is 0 Å². The van der Waals surface area contributed by atoms with E-state index >= 15 is 0 Å². The van der Waals surface area contributed by atoms with Gasteiger partial charge in [-0.15, -0.1) is 13.2 Å². The predicted molar refractivity (Wildman–Crippen MR) is 113 cm³/mol. The number of allylic oxidation sites excluding steroid dienone is 1. The average Bonchev–Trinajstić information content (AvgIpc) is 3.20. The second-order valence-electron chi connectivity index (χ2n) is 7.36. The summed E-state index contributed by atoms with van der Waals surface area (Å²) in [6.45, 7) is 19.1. The van der Waals surface area contributed by atoms with Gasteiger partial charge in [-0.1, -0.05) is 51.3 Å². The standard InChI is InChI=1S/C17H25N3O.C3H8.C2H4/c1-4-12(2)15-9-17(7-5-6-8-17)11-20-16(19-15)14(10-18-20)13(3)21;1-3-2;1-2/h4,10,15,19,21H,3,5-9,11H2,1-2H3;3H2,1-2H3;1-2H2/b12-4+;;. The lowest BCUT2D eigenvalue weighted by Crippen LogP contribution is -2.29. The number of fused-ring (bicyclic) bond motifs is 1. The van der Waals surface area contributed by atoms with Crippen LogP contribution in [-0.2, 0) is 6.54 Å². The Bertz CT molecular complexity index is 609. The summed E-state index contributed by atoms with van der Waals surface area (Å²) in [7, 11) is 0. The highest BCUT2D eigenvalue weighted by Gasteiger charge is 2.40. The molecule has 1 fully saturated rings. The van der Waals surface area contributed by atoms with E-state index in [1.165, 1.54) is 37.7 Å². The van der Waals surface area contributed by atoms with Crippen LogP contribution < -0.4 is 5.32 Å². The van der Waals surface area contributed by atoms with Gasteiger partial charge in [-0.05, 0) is 38.5 Å². The van der Waals surface area contributed by atoms with Crippen molar-refractivity contribution in [3.05, 3.63) is 43.1 Å². The summed E-state index contributed by atoms with van der Waals surface area (Å²) in [6, 6.07) is 0.309. The molecular formula is C22H37N3O. The number of anilines is 1. The Balaban J connectivity index is 0.000000615. The SMILES string of the molecule is C=C.C=C(O)c1cnn2c1NC(/C(C)=C/C)CC1(CCCC1)C2.CCC. The normalized spacial score (nSPS) is 20.6. The van der Waals surface area contributed by atoms with Crippen LogP contribution in [0.3, 0.4) is 0 Å². The molecule has 1 aromatic rings. The number of aliphatic hydroxyl groups excluding tert-OH is 1. The number of hydrogen-bond donors (Lipinski definition) is 2. The minimum Gasteiger partial charge on any atom is -0.508 e. The maximum Gasteiger partial charge on any atom is 0.135 e. The summed E-state index contributed by atoms with van der Waals surface area (Å²) in [5, 5.41) is 17.9. The molecule has 1 saturated carbocycles. The number of hydrogen-bond acceptors (Lipinski definition) is 3. The van der Waals surface area contributed by atoms with Gasteiger partial charge in [0, 0.05) is 12.6 Å². The lowest BCUT2D eigenvalue weighted by molar-refractivity contribution is 0.221. The fraction of sp³-hybridized carbons (Fsp3) is 0.591. The molecule has 2 N–H and O–H groups in total. The molecule has 4 heteroatoms. The highest BCUT2D eigenvalue weighted by Crippen LogP contribution is 2.47. The second-order valence-corrected chi connectivity index (χ2v) is 7.36. The van der Waals surface area contributed by atoms with Gasteiger partial charge in [0.05, 0.1) is 11.8 Å². The van der Waals surface area contributed by atoms with Crippen molar-refractivity contribution in [2.24, 2.45) is 5.41 Å². The largest absolute Gasteiger partial charge is 0.508 e. The molecule has 3 rings (SSSR count). The first-order chi connectivity index (χ1) is 12.5. The molecule has 26 heavy (non-hydrogen) atoms. The number of nitrogens with one attached hydrogen (secondary N) is 1. The van der Waals surface area contributed by atoms with Gasteiger partial charge in [0.25, 0.3) is 0 Å². The van der Waals surface area contributed by atoms with E-state index in [0.717, 1.165) is 24.3 Å². The predicted octanol–water partition coefficient (Wildman–Crippen LogP) is 6.34. The van der Waals surface area contributed by atoms with Gasteiger partial charge >= 0.3 is 0 Å². The number of rotatable bonds is 2. The van der Waals surface area contributed by atoms with Gasteiger partial charge in [0.15, 0.2) is 0 Å². The van der Waals surface area contributed by atoms with E-state index < -0.39 is 0 Å². The third-order valence-corrected chi connectivity index (χ3v) is 5.25. The van der Waals surface area contributed by atoms with Crippen LogP contribution in [0.4, 0.5) is 5.82 Å². The zero-order valence-corrected chi connectivity index (χ0v) is 17.1. The summed E-state index contributed by atoms with van der Waals surface area (Å²) in [4.78, 5) is 0. The first-order valence-corrected chi connectivity index (χ1v) is 9.79. The Kier molecular flexibility index (Phi) is 8.70. The fourth-order valence-corrected chi connectivity index (χ4v) is 3.86. The number of aliphatic hydroxyl groups is 1. The first-order valence-electron chi connectivity index (χ1n) is 9.79. The molecule has 0 saturated heterocycles. The molecule has 0 bridgehead atoms. The minimum atomic E-state index is 0.0861. The highest BCUT2D eigenvalue weighted by molar-refractivity contribution is 5.68. The van der Waals surface area contributed by atoms with Crippen molar-refractivity contribution in [1.29, 1.82) is 0 Å². The maximum atomic E-state index is 9.80. The summed E-state index contributed by atoms with van der Waals surface area (Å²) in [6.07, 6.45) is 11.5. The van der Waals surface area contributed by atoms with E-state index in [0.29, 0.717) is 11.5 Å². The molecule has 0 amide bonds. The Hall–Kier alpha value is -1.97. The summed E-state index contributed by atoms with van der Waals surface area (Å²) >= 11 is 0. The van der Waals surface area contributed by atoms with E-state index in [-0.39, 0.29) is 5.76 Å². The smallest absolute Gasteiger partial charge is 0.135 e. The van der Waals surface area contributed by atoms with Gasteiger partial charge in [-0.2, -0.15) is 5.10 Å². The third-order valence-electron chi connectivity index (χ3n) is 5.25. The Morgan fingerprint density at radius 3 is 2.46 bits per heavy atom. The second kappa shape index (κ2) is 10.2. The summed E-state index contributed by atoms with van der Waals surface area (Å²) in [5.74, 6) is 1.00. The number of aromatic nitrogens is 2. The fourth-order valence-electron chi connectivity index (χ4n) is 3.86. The molecule has 1 unspecified atom stereocenters. The van der Waals surface area contributed by atoms with E-state index in [4.69, 9.17) is 0 Å². The zero-order chi connectivity index (χ0) is 19.7. The molecule has 4 nitrogen and oxygen atoms in total. The van der Waals surface area contributed by atoms with Crippen LogP contribution >= 0.6 is 0 Å². The van der Waals surface area contributed by atoms with Crippen molar-refractivity contribution >= 4 is 11.6 Å². The van der Waals surface area contributed by atoms with E-state index in [2.05, 4.69) is 63.9 Å². The maximum absolute atomic E-state index is 9.80. The molecule has 1 atom stereocenters. The van der Waals surface area contributed by atoms with Crippen LogP contribution in [-0.4, -0.2) is 20.9 Å². The van der Waals surface area contributed by atoms with Crippen LogP contribution in [0.1, 0.15) is 71.8 Å².